The lowest BCUT2D eigenvalue weighted by Gasteiger charge is -2.25. The van der Waals surface area contributed by atoms with Crippen LogP contribution in [-0.4, -0.2) is 39.6 Å². The van der Waals surface area contributed by atoms with Crippen LogP contribution >= 0.6 is 0 Å². The first-order chi connectivity index (χ1) is 14.2. The first-order valence-corrected chi connectivity index (χ1v) is 8.93. The van der Waals surface area contributed by atoms with E-state index in [1.165, 1.54) is 18.5 Å². The summed E-state index contributed by atoms with van der Waals surface area (Å²) in [7, 11) is 1.71. The highest BCUT2D eigenvalue weighted by Gasteiger charge is 2.31. The summed E-state index contributed by atoms with van der Waals surface area (Å²) in [6.45, 7) is 0.527. The molecule has 2 aromatic heterocycles. The van der Waals surface area contributed by atoms with Crippen molar-refractivity contribution in [2.24, 2.45) is 0 Å². The average molecular weight is 417 g/mol. The van der Waals surface area contributed by atoms with Gasteiger partial charge in [-0.3, -0.25) is 9.78 Å². The Bertz CT molecular complexity index is 1130. The topological polar surface area (TPSA) is 71.0 Å². The number of pyridine rings is 1. The van der Waals surface area contributed by atoms with Gasteiger partial charge < -0.3 is 10.2 Å². The third kappa shape index (κ3) is 3.80. The predicted octanol–water partition coefficient (Wildman–Crippen LogP) is 4.07. The van der Waals surface area contributed by atoms with E-state index in [2.05, 4.69) is 20.5 Å². The van der Waals surface area contributed by atoms with E-state index in [9.17, 15) is 22.4 Å². The molecular weight excluding hydrogens is 402 g/mol. The summed E-state index contributed by atoms with van der Waals surface area (Å²) in [5.74, 6) is -1.14. The molecule has 0 atom stereocenters. The van der Waals surface area contributed by atoms with E-state index < -0.39 is 17.6 Å². The van der Waals surface area contributed by atoms with Crippen molar-refractivity contribution in [1.29, 1.82) is 0 Å². The normalized spacial score (nSPS) is 13.9. The minimum absolute atomic E-state index is 0.0823. The van der Waals surface area contributed by atoms with Gasteiger partial charge in [-0.15, -0.1) is 5.10 Å². The number of aromatic nitrogens is 3. The predicted molar refractivity (Wildman–Crippen MR) is 101 cm³/mol. The van der Waals surface area contributed by atoms with Crippen LogP contribution in [0.4, 0.5) is 28.9 Å². The van der Waals surface area contributed by atoms with Crippen molar-refractivity contribution >= 4 is 17.3 Å². The van der Waals surface area contributed by atoms with Crippen LogP contribution in [0.2, 0.25) is 0 Å². The highest BCUT2D eigenvalue weighted by molar-refractivity contribution is 5.98. The van der Waals surface area contributed by atoms with Gasteiger partial charge in [0.25, 0.3) is 5.91 Å². The molecule has 0 radical (unpaired) electrons. The molecule has 10 heteroatoms. The van der Waals surface area contributed by atoms with Crippen molar-refractivity contribution in [2.75, 3.05) is 18.9 Å². The van der Waals surface area contributed by atoms with Crippen LogP contribution in [0.15, 0.2) is 42.7 Å². The van der Waals surface area contributed by atoms with E-state index in [0.717, 1.165) is 17.7 Å². The minimum atomic E-state index is -4.67. The van der Waals surface area contributed by atoms with Gasteiger partial charge in [0, 0.05) is 31.0 Å². The fourth-order valence-corrected chi connectivity index (χ4v) is 3.30. The smallest absolute Gasteiger partial charge is 0.354 e. The number of likely N-dealkylation sites (N-methyl/N-ethyl adjacent to an activating group) is 1. The number of benzene rings is 1. The molecule has 0 aliphatic carbocycles. The molecule has 0 unspecified atom stereocenters. The van der Waals surface area contributed by atoms with Gasteiger partial charge in [-0.1, -0.05) is 0 Å². The molecule has 30 heavy (non-hydrogen) atoms. The number of halogens is 4. The van der Waals surface area contributed by atoms with Crippen LogP contribution in [0.1, 0.15) is 21.5 Å². The molecular formula is C20H15F4N5O. The van der Waals surface area contributed by atoms with Crippen LogP contribution in [0.3, 0.4) is 0 Å². The van der Waals surface area contributed by atoms with Gasteiger partial charge >= 0.3 is 6.18 Å². The highest BCUT2D eigenvalue weighted by atomic mass is 19.4. The lowest BCUT2D eigenvalue weighted by Crippen LogP contribution is -2.34. The van der Waals surface area contributed by atoms with Gasteiger partial charge in [0.05, 0.1) is 23.1 Å². The summed E-state index contributed by atoms with van der Waals surface area (Å²) in [6, 6.07) is 5.36. The number of fused-ring (bicyclic) bond motifs is 1. The molecule has 4 rings (SSSR count). The molecule has 1 amide bonds. The van der Waals surface area contributed by atoms with Gasteiger partial charge in [-0.05, 0) is 42.3 Å². The van der Waals surface area contributed by atoms with E-state index in [-0.39, 0.29) is 11.6 Å². The largest absolute Gasteiger partial charge is 0.416 e. The Balaban J connectivity index is 1.69. The maximum atomic E-state index is 13.6. The molecule has 154 valence electrons. The molecule has 0 fully saturated rings. The fourth-order valence-electron chi connectivity index (χ4n) is 3.30. The quantitative estimate of drug-likeness (QED) is 0.651. The van der Waals surface area contributed by atoms with E-state index in [1.807, 2.05) is 0 Å². The van der Waals surface area contributed by atoms with Crippen molar-refractivity contribution in [3.8, 4) is 11.4 Å². The second-order valence-electron chi connectivity index (χ2n) is 6.84. The Morgan fingerprint density at radius 2 is 1.93 bits per heavy atom. The summed E-state index contributed by atoms with van der Waals surface area (Å²) < 4.78 is 52.5. The van der Waals surface area contributed by atoms with Crippen molar-refractivity contribution in [3.63, 3.8) is 0 Å². The zero-order valence-electron chi connectivity index (χ0n) is 15.7. The van der Waals surface area contributed by atoms with Gasteiger partial charge in [0.15, 0.2) is 0 Å². The fraction of sp³-hybridized carbons (Fsp3) is 0.200. The molecule has 1 aliphatic rings. The number of nitrogens with zero attached hydrogens (tertiary/aromatic N) is 4. The van der Waals surface area contributed by atoms with Crippen LogP contribution in [-0.2, 0) is 12.6 Å². The average Bonchev–Trinajstić information content (AvgIpc) is 2.69. The second kappa shape index (κ2) is 7.36. The lowest BCUT2D eigenvalue weighted by atomic mass is 9.97. The van der Waals surface area contributed by atoms with E-state index >= 15 is 0 Å². The number of alkyl halides is 3. The maximum Gasteiger partial charge on any atom is 0.416 e. The number of hydrogen-bond acceptors (Lipinski definition) is 5. The number of carbonyl (C=O) groups is 1. The number of nitrogens with one attached hydrogen (secondary N) is 1. The van der Waals surface area contributed by atoms with Crippen molar-refractivity contribution in [3.05, 3.63) is 65.2 Å². The highest BCUT2D eigenvalue weighted by Crippen LogP contribution is 2.33. The monoisotopic (exact) mass is 417 g/mol. The van der Waals surface area contributed by atoms with Crippen LogP contribution in [0.5, 0.6) is 0 Å². The zero-order chi connectivity index (χ0) is 21.5. The Morgan fingerprint density at radius 3 is 2.70 bits per heavy atom. The summed E-state index contributed by atoms with van der Waals surface area (Å²) >= 11 is 0. The van der Waals surface area contributed by atoms with Crippen molar-refractivity contribution in [1.82, 2.24) is 20.1 Å². The molecule has 0 saturated heterocycles. The van der Waals surface area contributed by atoms with Crippen LogP contribution in [0, 0.1) is 5.82 Å². The third-order valence-corrected chi connectivity index (χ3v) is 4.74. The van der Waals surface area contributed by atoms with Crippen molar-refractivity contribution in [2.45, 2.75) is 12.6 Å². The number of carbonyl (C=O) groups excluding carboxylic acids is 1. The Labute approximate surface area is 168 Å². The molecule has 1 aromatic carbocycles. The van der Waals surface area contributed by atoms with Gasteiger partial charge in [0.2, 0.25) is 0 Å². The van der Waals surface area contributed by atoms with Gasteiger partial charge in [-0.2, -0.15) is 18.3 Å². The number of hydrogen-bond donors (Lipinski definition) is 1. The number of anilines is 2. The summed E-state index contributed by atoms with van der Waals surface area (Å²) in [5.41, 5.74) is 1.19. The lowest BCUT2D eigenvalue weighted by molar-refractivity contribution is -0.137. The molecule has 1 N–H and O–H groups in total. The molecule has 3 aromatic rings. The van der Waals surface area contributed by atoms with E-state index in [4.69, 9.17) is 0 Å². The Kier molecular flexibility index (Phi) is 4.84. The number of rotatable bonds is 3. The molecule has 6 nitrogen and oxygen atoms in total. The second-order valence-corrected chi connectivity index (χ2v) is 6.84. The first kappa shape index (κ1) is 19.7. The van der Waals surface area contributed by atoms with Crippen molar-refractivity contribution < 1.29 is 22.4 Å². The van der Waals surface area contributed by atoms with Crippen LogP contribution in [0.25, 0.3) is 11.4 Å². The summed E-state index contributed by atoms with van der Waals surface area (Å²) in [6.07, 6.45) is -1.29. The third-order valence-electron chi connectivity index (χ3n) is 4.74. The van der Waals surface area contributed by atoms with Gasteiger partial charge in [-0.25, -0.2) is 4.39 Å². The Morgan fingerprint density at radius 1 is 1.13 bits per heavy atom. The SMILES string of the molecule is CN1CCc2c(ccnc2-c2cc(Nc3cc(F)cc(C(F)(F)F)c3)cnn2)C1=O. The summed E-state index contributed by atoms with van der Waals surface area (Å²) in [5, 5.41) is 10.6. The maximum absolute atomic E-state index is 13.6. The molecule has 3 heterocycles. The van der Waals surface area contributed by atoms with E-state index in [1.54, 1.807) is 18.0 Å². The van der Waals surface area contributed by atoms with Crippen LogP contribution < -0.4 is 5.32 Å². The number of amides is 1. The first-order valence-electron chi connectivity index (χ1n) is 8.93. The van der Waals surface area contributed by atoms with E-state index in [0.29, 0.717) is 41.7 Å². The van der Waals surface area contributed by atoms with Gasteiger partial charge in [0.1, 0.15) is 11.5 Å². The standard InChI is InChI=1S/C20H15F4N5O/c1-29-5-3-15-16(19(29)30)2-4-25-18(15)17-9-14(10-26-28-17)27-13-7-11(20(22,23)24)6-12(21)8-13/h2,4,6-10H,3,5H2,1H3,(H,27,28). The minimum Gasteiger partial charge on any atom is -0.354 e. The Hall–Kier alpha value is -3.56. The summed E-state index contributed by atoms with van der Waals surface area (Å²) in [4.78, 5) is 18.3. The molecule has 0 saturated carbocycles. The zero-order valence-corrected chi connectivity index (χ0v) is 15.7. The molecule has 0 spiro atoms. The molecule has 1 aliphatic heterocycles. The molecule has 0 bridgehead atoms.